The third-order valence-corrected chi connectivity index (χ3v) is 2.93. The van der Waals surface area contributed by atoms with Gasteiger partial charge in [-0.15, -0.1) is 0 Å². The van der Waals surface area contributed by atoms with E-state index in [1.54, 1.807) is 0 Å². The Hall–Kier alpha value is -0.160. The summed E-state index contributed by atoms with van der Waals surface area (Å²) < 4.78 is 11.1. The van der Waals surface area contributed by atoms with Crippen LogP contribution >= 0.6 is 0 Å². The lowest BCUT2D eigenvalue weighted by Crippen LogP contribution is -2.44. The second-order valence-corrected chi connectivity index (χ2v) is 4.12. The van der Waals surface area contributed by atoms with Crippen molar-refractivity contribution in [2.24, 2.45) is 5.73 Å². The van der Waals surface area contributed by atoms with E-state index >= 15 is 0 Å². The minimum Gasteiger partial charge on any atom is -0.379 e. The predicted octanol–water partition coefficient (Wildman–Crippen LogP) is -0.175. The van der Waals surface area contributed by atoms with Gasteiger partial charge in [-0.2, -0.15) is 0 Å². The molecule has 4 nitrogen and oxygen atoms in total. The summed E-state index contributed by atoms with van der Waals surface area (Å²) >= 11 is 0. The van der Waals surface area contributed by atoms with Crippen LogP contribution in [0.2, 0.25) is 0 Å². The summed E-state index contributed by atoms with van der Waals surface area (Å²) in [6, 6.07) is 0. The highest BCUT2D eigenvalue weighted by Crippen LogP contribution is 2.25. The third-order valence-electron chi connectivity index (χ3n) is 2.93. The molecule has 0 saturated carbocycles. The molecule has 4 heteroatoms. The molecule has 2 fully saturated rings. The monoisotopic (exact) mass is 200 g/mol. The van der Waals surface area contributed by atoms with E-state index < -0.39 is 0 Å². The molecule has 0 aromatic heterocycles. The molecule has 2 rings (SSSR count). The first-order valence-electron chi connectivity index (χ1n) is 5.54. The van der Waals surface area contributed by atoms with Crippen molar-refractivity contribution in [3.63, 3.8) is 0 Å². The zero-order valence-electron chi connectivity index (χ0n) is 8.65. The first kappa shape index (κ1) is 10.4. The van der Waals surface area contributed by atoms with E-state index in [1.807, 2.05) is 0 Å². The van der Waals surface area contributed by atoms with Gasteiger partial charge in [0.15, 0.2) is 0 Å². The molecule has 0 spiro atoms. The van der Waals surface area contributed by atoms with Crippen LogP contribution in [0.15, 0.2) is 0 Å². The fraction of sp³-hybridized carbons (Fsp3) is 1.00. The van der Waals surface area contributed by atoms with Gasteiger partial charge in [-0.25, -0.2) is 0 Å². The fourth-order valence-electron chi connectivity index (χ4n) is 2.26. The fourth-order valence-corrected chi connectivity index (χ4v) is 2.26. The molecule has 0 amide bonds. The lowest BCUT2D eigenvalue weighted by Gasteiger charge is -2.31. The largest absolute Gasteiger partial charge is 0.379 e. The molecule has 2 bridgehead atoms. The Balaban J connectivity index is 1.62. The topological polar surface area (TPSA) is 47.7 Å². The van der Waals surface area contributed by atoms with Gasteiger partial charge in [0.1, 0.15) is 0 Å². The summed E-state index contributed by atoms with van der Waals surface area (Å²) in [5, 5.41) is 0. The molecule has 2 unspecified atom stereocenters. The number of morpholine rings is 1. The van der Waals surface area contributed by atoms with Crippen molar-refractivity contribution >= 4 is 0 Å². The van der Waals surface area contributed by atoms with Crippen LogP contribution in [0.4, 0.5) is 0 Å². The van der Waals surface area contributed by atoms with Crippen molar-refractivity contribution in [1.82, 2.24) is 4.90 Å². The average molecular weight is 200 g/mol. The van der Waals surface area contributed by atoms with Gasteiger partial charge in [0.2, 0.25) is 0 Å². The van der Waals surface area contributed by atoms with Crippen LogP contribution in [0.25, 0.3) is 0 Å². The van der Waals surface area contributed by atoms with Gasteiger partial charge in [0.25, 0.3) is 0 Å². The quantitative estimate of drug-likeness (QED) is 0.626. The normalized spacial score (nSPS) is 32.4. The van der Waals surface area contributed by atoms with Crippen LogP contribution in [-0.4, -0.2) is 56.5 Å². The van der Waals surface area contributed by atoms with Crippen molar-refractivity contribution in [3.05, 3.63) is 0 Å². The molecule has 0 radical (unpaired) electrons. The van der Waals surface area contributed by atoms with Crippen molar-refractivity contribution in [3.8, 4) is 0 Å². The van der Waals surface area contributed by atoms with Crippen LogP contribution in [0.5, 0.6) is 0 Å². The Labute approximate surface area is 85.3 Å². The minimum atomic E-state index is 0.489. The van der Waals surface area contributed by atoms with Crippen LogP contribution in [-0.2, 0) is 9.47 Å². The maximum atomic E-state index is 5.75. The van der Waals surface area contributed by atoms with E-state index in [0.29, 0.717) is 25.4 Å². The zero-order chi connectivity index (χ0) is 9.80. The lowest BCUT2D eigenvalue weighted by molar-refractivity contribution is -0.0450. The Morgan fingerprint density at radius 3 is 2.57 bits per heavy atom. The molecular formula is C10H20N2O2. The number of nitrogens with two attached hydrogens (primary N) is 1. The molecule has 0 aromatic carbocycles. The summed E-state index contributed by atoms with van der Waals surface area (Å²) in [5.41, 5.74) is 5.34. The van der Waals surface area contributed by atoms with Crippen LogP contribution < -0.4 is 5.73 Å². The minimum absolute atomic E-state index is 0.489. The highest BCUT2D eigenvalue weighted by Gasteiger charge is 2.33. The maximum absolute atomic E-state index is 5.75. The van der Waals surface area contributed by atoms with E-state index in [4.69, 9.17) is 15.2 Å². The van der Waals surface area contributed by atoms with Crippen LogP contribution in [0.3, 0.4) is 0 Å². The number of nitrogens with zero attached hydrogens (tertiary/aromatic N) is 1. The summed E-state index contributed by atoms with van der Waals surface area (Å²) in [5.74, 6) is 0. The molecule has 2 saturated heterocycles. The van der Waals surface area contributed by atoms with Crippen LogP contribution in [0.1, 0.15) is 12.8 Å². The number of fused-ring (bicyclic) bond motifs is 2. The van der Waals surface area contributed by atoms with Crippen molar-refractivity contribution < 1.29 is 9.47 Å². The van der Waals surface area contributed by atoms with E-state index in [-0.39, 0.29) is 0 Å². The second-order valence-electron chi connectivity index (χ2n) is 4.12. The maximum Gasteiger partial charge on any atom is 0.0707 e. The first-order chi connectivity index (χ1) is 6.88. The summed E-state index contributed by atoms with van der Waals surface area (Å²) in [4.78, 5) is 2.45. The Morgan fingerprint density at radius 2 is 1.93 bits per heavy atom. The van der Waals surface area contributed by atoms with E-state index in [1.165, 1.54) is 12.8 Å². The van der Waals surface area contributed by atoms with Crippen molar-refractivity contribution in [1.29, 1.82) is 0 Å². The highest BCUT2D eigenvalue weighted by molar-refractivity contribution is 4.84. The second kappa shape index (κ2) is 5.07. The zero-order valence-corrected chi connectivity index (χ0v) is 8.65. The van der Waals surface area contributed by atoms with E-state index in [0.717, 1.165) is 26.2 Å². The van der Waals surface area contributed by atoms with Gasteiger partial charge in [0, 0.05) is 26.2 Å². The van der Waals surface area contributed by atoms with E-state index in [2.05, 4.69) is 4.90 Å². The summed E-state index contributed by atoms with van der Waals surface area (Å²) in [6.45, 7) is 5.30. The number of hydrogen-bond acceptors (Lipinski definition) is 4. The molecule has 82 valence electrons. The first-order valence-corrected chi connectivity index (χ1v) is 5.54. The molecule has 2 aliphatic heterocycles. The Morgan fingerprint density at radius 1 is 1.21 bits per heavy atom. The molecule has 2 atom stereocenters. The smallest absolute Gasteiger partial charge is 0.0707 e. The van der Waals surface area contributed by atoms with Gasteiger partial charge in [-0.3, -0.25) is 4.90 Å². The molecule has 0 aromatic rings. The molecular weight excluding hydrogens is 180 g/mol. The Bertz CT molecular complexity index is 166. The van der Waals surface area contributed by atoms with Gasteiger partial charge in [-0.1, -0.05) is 0 Å². The number of ether oxygens (including phenoxy) is 2. The number of likely N-dealkylation sites (tertiary alicyclic amines) is 1. The summed E-state index contributed by atoms with van der Waals surface area (Å²) in [6.07, 6.45) is 3.46. The summed E-state index contributed by atoms with van der Waals surface area (Å²) in [7, 11) is 0. The SMILES string of the molecule is NCCOCCN1CC2CCC(C1)O2. The van der Waals surface area contributed by atoms with Gasteiger partial charge < -0.3 is 15.2 Å². The van der Waals surface area contributed by atoms with Crippen molar-refractivity contribution in [2.75, 3.05) is 39.4 Å². The van der Waals surface area contributed by atoms with Crippen LogP contribution in [0, 0.1) is 0 Å². The van der Waals surface area contributed by atoms with E-state index in [9.17, 15) is 0 Å². The number of rotatable bonds is 5. The average Bonchev–Trinajstić information content (AvgIpc) is 2.53. The molecule has 14 heavy (non-hydrogen) atoms. The molecule has 2 N–H and O–H groups in total. The molecule has 0 aliphatic carbocycles. The molecule has 2 aliphatic rings. The van der Waals surface area contributed by atoms with Gasteiger partial charge >= 0.3 is 0 Å². The van der Waals surface area contributed by atoms with Crippen molar-refractivity contribution in [2.45, 2.75) is 25.0 Å². The molecule has 2 heterocycles. The number of hydrogen-bond donors (Lipinski definition) is 1. The lowest BCUT2D eigenvalue weighted by atomic mass is 10.2. The van der Waals surface area contributed by atoms with Gasteiger partial charge in [-0.05, 0) is 12.8 Å². The third kappa shape index (κ3) is 2.67. The highest BCUT2D eigenvalue weighted by atomic mass is 16.5. The Kier molecular flexibility index (Phi) is 3.75. The standard InChI is InChI=1S/C10H20N2O2/c11-3-5-13-6-4-12-7-9-1-2-10(8-12)14-9/h9-10H,1-8,11H2. The van der Waals surface area contributed by atoms with Gasteiger partial charge in [0.05, 0.1) is 25.4 Å². The predicted molar refractivity (Wildman–Crippen MR) is 54.2 cm³/mol.